The first kappa shape index (κ1) is 30.2. The van der Waals surface area contributed by atoms with Gasteiger partial charge in [0.25, 0.3) is 5.91 Å². The number of anilines is 1. The molecule has 2 unspecified atom stereocenters. The lowest BCUT2D eigenvalue weighted by atomic mass is 9.97. The highest BCUT2D eigenvalue weighted by atomic mass is 16.6. The summed E-state index contributed by atoms with van der Waals surface area (Å²) in [5, 5.41) is 6.90. The van der Waals surface area contributed by atoms with Crippen molar-refractivity contribution in [3.8, 4) is 0 Å². The molecular formula is C32H36N4O6. The fraction of sp³-hybridized carbons (Fsp3) is 0.344. The van der Waals surface area contributed by atoms with Crippen LogP contribution in [0.25, 0.3) is 0 Å². The maximum atomic E-state index is 13.5. The zero-order chi connectivity index (χ0) is 30.5. The van der Waals surface area contributed by atoms with Crippen molar-refractivity contribution < 1.29 is 28.7 Å². The van der Waals surface area contributed by atoms with Crippen LogP contribution in [0.2, 0.25) is 0 Å². The van der Waals surface area contributed by atoms with E-state index in [1.165, 1.54) is 0 Å². The Hall–Kier alpha value is -4.73. The largest absolute Gasteiger partial charge is 0.443 e. The Morgan fingerprint density at radius 2 is 1.45 bits per heavy atom. The van der Waals surface area contributed by atoms with E-state index in [-0.39, 0.29) is 5.91 Å². The normalized spacial score (nSPS) is 15.6. The molecule has 1 N–H and O–H groups in total. The Labute approximate surface area is 245 Å². The predicted octanol–water partition coefficient (Wildman–Crippen LogP) is 6.47. The van der Waals surface area contributed by atoms with Gasteiger partial charge in [-0.2, -0.15) is 0 Å². The van der Waals surface area contributed by atoms with Gasteiger partial charge in [-0.05, 0) is 76.9 Å². The molecule has 3 aromatic rings. The maximum absolute atomic E-state index is 13.5. The number of ether oxygens (including phenoxy) is 2. The first-order valence-corrected chi connectivity index (χ1v) is 13.6. The number of carbonyl (C=O) groups excluding carboxylic acids is 3. The molecule has 0 bridgehead atoms. The molecule has 0 spiro atoms. The first-order chi connectivity index (χ1) is 19.8. The molecule has 2 atom stereocenters. The van der Waals surface area contributed by atoms with Crippen LogP contribution in [-0.4, -0.2) is 51.0 Å². The molecule has 4 rings (SSSR count). The van der Waals surface area contributed by atoms with E-state index in [0.717, 1.165) is 10.5 Å². The Morgan fingerprint density at radius 3 is 2.00 bits per heavy atom. The molecule has 0 aliphatic carbocycles. The molecule has 42 heavy (non-hydrogen) atoms. The van der Waals surface area contributed by atoms with Gasteiger partial charge in [0.2, 0.25) is 6.10 Å². The number of pyridine rings is 1. The summed E-state index contributed by atoms with van der Waals surface area (Å²) < 4.78 is 11.3. The van der Waals surface area contributed by atoms with E-state index < -0.39 is 35.5 Å². The van der Waals surface area contributed by atoms with E-state index >= 15 is 0 Å². The van der Waals surface area contributed by atoms with Crippen LogP contribution in [0.1, 0.15) is 70.7 Å². The molecular weight excluding hydrogens is 536 g/mol. The van der Waals surface area contributed by atoms with Crippen LogP contribution < -0.4 is 5.32 Å². The van der Waals surface area contributed by atoms with Crippen molar-refractivity contribution in [1.82, 2.24) is 9.88 Å². The topological polar surface area (TPSA) is 119 Å². The average molecular weight is 573 g/mol. The number of imide groups is 1. The van der Waals surface area contributed by atoms with Crippen LogP contribution in [0, 0.1) is 0 Å². The maximum Gasteiger partial charge on any atom is 0.420 e. The fourth-order valence-corrected chi connectivity index (χ4v) is 4.23. The molecule has 10 nitrogen and oxygen atoms in total. The molecule has 0 saturated carbocycles. The predicted molar refractivity (Wildman–Crippen MR) is 158 cm³/mol. The number of hydrogen-bond donors (Lipinski definition) is 1. The zero-order valence-electron chi connectivity index (χ0n) is 24.7. The van der Waals surface area contributed by atoms with Crippen LogP contribution in [0.3, 0.4) is 0 Å². The van der Waals surface area contributed by atoms with Crippen LogP contribution in [0.15, 0.2) is 84.3 Å². The van der Waals surface area contributed by atoms with Crippen molar-refractivity contribution >= 4 is 29.5 Å². The third-order valence-corrected chi connectivity index (χ3v) is 6.00. The molecule has 0 radical (unpaired) electrons. The number of aromatic nitrogens is 1. The Morgan fingerprint density at radius 1 is 0.857 bits per heavy atom. The minimum atomic E-state index is -0.866. The van der Waals surface area contributed by atoms with Gasteiger partial charge in [0.15, 0.2) is 0 Å². The zero-order valence-corrected chi connectivity index (χ0v) is 24.7. The van der Waals surface area contributed by atoms with Crippen molar-refractivity contribution in [2.75, 3.05) is 5.32 Å². The van der Waals surface area contributed by atoms with Crippen molar-refractivity contribution in [2.45, 2.75) is 71.3 Å². The van der Waals surface area contributed by atoms with Gasteiger partial charge in [-0.1, -0.05) is 47.6 Å². The van der Waals surface area contributed by atoms with Gasteiger partial charge in [-0.3, -0.25) is 9.78 Å². The second-order valence-corrected chi connectivity index (χ2v) is 11.8. The van der Waals surface area contributed by atoms with Crippen LogP contribution in [-0.2, 0) is 19.1 Å². The molecule has 2 heterocycles. The Bertz CT molecular complexity index is 1400. The van der Waals surface area contributed by atoms with Gasteiger partial charge in [-0.15, -0.1) is 0 Å². The number of nitrogens with zero attached hydrogens (tertiary/aromatic N) is 3. The van der Waals surface area contributed by atoms with Gasteiger partial charge >= 0.3 is 12.2 Å². The summed E-state index contributed by atoms with van der Waals surface area (Å²) in [5.74, 6) is -0.353. The molecule has 220 valence electrons. The van der Waals surface area contributed by atoms with Gasteiger partial charge in [0.1, 0.15) is 11.2 Å². The Balaban J connectivity index is 1.58. The van der Waals surface area contributed by atoms with E-state index in [9.17, 15) is 14.4 Å². The van der Waals surface area contributed by atoms with Crippen molar-refractivity contribution in [3.05, 3.63) is 95.8 Å². The number of benzene rings is 2. The third kappa shape index (κ3) is 7.93. The van der Waals surface area contributed by atoms with E-state index in [0.29, 0.717) is 28.9 Å². The molecule has 3 amide bonds. The lowest BCUT2D eigenvalue weighted by molar-refractivity contribution is -0.125. The first-order valence-electron chi connectivity index (χ1n) is 13.6. The van der Waals surface area contributed by atoms with Gasteiger partial charge in [0, 0.05) is 30.1 Å². The lowest BCUT2D eigenvalue weighted by Gasteiger charge is -2.34. The second-order valence-electron chi connectivity index (χ2n) is 11.8. The summed E-state index contributed by atoms with van der Waals surface area (Å²) in [4.78, 5) is 50.3. The lowest BCUT2D eigenvalue weighted by Crippen LogP contribution is -2.45. The summed E-state index contributed by atoms with van der Waals surface area (Å²) in [5.41, 5.74) is 1.53. The van der Waals surface area contributed by atoms with Crippen LogP contribution in [0.5, 0.6) is 0 Å². The SMILES string of the molecule is CC(C)(C)OC(=O)N(C(=O)OC(C)(C)C)C(c1ccccc1)c1ccc(NC(=O)C2CC(c3cccnc3)=NO2)cc1. The molecule has 0 saturated heterocycles. The minimum absolute atomic E-state index is 0.312. The quantitative estimate of drug-likeness (QED) is 0.359. The fourth-order valence-electron chi connectivity index (χ4n) is 4.23. The van der Waals surface area contributed by atoms with Gasteiger partial charge < -0.3 is 19.6 Å². The highest BCUT2D eigenvalue weighted by Crippen LogP contribution is 2.33. The molecule has 10 heteroatoms. The van der Waals surface area contributed by atoms with E-state index in [2.05, 4.69) is 15.5 Å². The molecule has 1 aliphatic heterocycles. The smallest absolute Gasteiger partial charge is 0.420 e. The highest BCUT2D eigenvalue weighted by molar-refractivity contribution is 6.06. The summed E-state index contributed by atoms with van der Waals surface area (Å²) in [7, 11) is 0. The van der Waals surface area contributed by atoms with Crippen LogP contribution >= 0.6 is 0 Å². The van der Waals surface area contributed by atoms with E-state index in [1.54, 1.807) is 84.3 Å². The van der Waals surface area contributed by atoms with Gasteiger partial charge in [-0.25, -0.2) is 14.5 Å². The number of carbonyl (C=O) groups is 3. The second kappa shape index (κ2) is 12.4. The van der Waals surface area contributed by atoms with Crippen LogP contribution in [0.4, 0.5) is 15.3 Å². The average Bonchev–Trinajstić information content (AvgIpc) is 3.42. The minimum Gasteiger partial charge on any atom is -0.443 e. The summed E-state index contributed by atoms with van der Waals surface area (Å²) in [6.45, 7) is 10.4. The molecule has 0 fully saturated rings. The Kier molecular flexibility index (Phi) is 8.94. The number of nitrogens with one attached hydrogen (secondary N) is 1. The third-order valence-electron chi connectivity index (χ3n) is 6.00. The van der Waals surface area contributed by atoms with Crippen molar-refractivity contribution in [2.24, 2.45) is 5.16 Å². The molecule has 1 aromatic heterocycles. The number of rotatable bonds is 6. The summed E-state index contributed by atoms with van der Waals surface area (Å²) in [6.07, 6.45) is 1.17. The monoisotopic (exact) mass is 572 g/mol. The highest BCUT2D eigenvalue weighted by Gasteiger charge is 2.38. The van der Waals surface area contributed by atoms with E-state index in [4.69, 9.17) is 14.3 Å². The number of amides is 3. The number of hydrogen-bond acceptors (Lipinski definition) is 8. The molecule has 2 aromatic carbocycles. The van der Waals surface area contributed by atoms with Crippen molar-refractivity contribution in [3.63, 3.8) is 0 Å². The summed E-state index contributed by atoms with van der Waals surface area (Å²) in [6, 6.07) is 18.8. The van der Waals surface area contributed by atoms with Crippen molar-refractivity contribution in [1.29, 1.82) is 0 Å². The molecule has 1 aliphatic rings. The van der Waals surface area contributed by atoms with E-state index in [1.807, 2.05) is 36.4 Å². The summed E-state index contributed by atoms with van der Waals surface area (Å²) >= 11 is 0. The number of oxime groups is 1. The standard InChI is InChI=1S/C32H36N4O6/c1-31(2,3)40-29(38)36(30(39)41-32(4,5)6)27(21-11-8-7-9-12-21)22-14-16-24(17-15-22)34-28(37)26-19-25(35-42-26)23-13-10-18-33-20-23/h7-18,20,26-27H,19H2,1-6H3,(H,34,37). The van der Waals surface area contributed by atoms with Gasteiger partial charge in [0.05, 0.1) is 11.8 Å².